The molecule has 0 spiro atoms. The van der Waals surface area contributed by atoms with E-state index in [0.717, 1.165) is 96.3 Å². The van der Waals surface area contributed by atoms with Gasteiger partial charge in [-0.25, -0.2) is 9.13 Å². The van der Waals surface area contributed by atoms with Crippen molar-refractivity contribution in [2.24, 2.45) is 0 Å². The molecule has 0 saturated carbocycles. The molecule has 0 aromatic rings. The number of esters is 4. The van der Waals surface area contributed by atoms with Crippen molar-refractivity contribution >= 4 is 39.5 Å². The summed E-state index contributed by atoms with van der Waals surface area (Å²) in [5, 5.41) is 10.6. The van der Waals surface area contributed by atoms with E-state index < -0.39 is 97.5 Å². The number of phosphoric ester groups is 2. The number of carbonyl (C=O) groups excluding carboxylic acids is 4. The molecule has 0 aromatic heterocycles. The summed E-state index contributed by atoms with van der Waals surface area (Å²) in [6.45, 7) is 4.96. The van der Waals surface area contributed by atoms with Crippen LogP contribution in [0.3, 0.4) is 0 Å². The van der Waals surface area contributed by atoms with Gasteiger partial charge in [-0.05, 0) is 25.7 Å². The van der Waals surface area contributed by atoms with Gasteiger partial charge < -0.3 is 33.8 Å². The van der Waals surface area contributed by atoms with Crippen molar-refractivity contribution in [1.29, 1.82) is 0 Å². The Morgan fingerprint density at radius 3 is 0.590 bits per heavy atom. The predicted molar refractivity (Wildman–Crippen MR) is 409 cm³/mol. The van der Waals surface area contributed by atoms with Crippen LogP contribution in [0.15, 0.2) is 0 Å². The molecule has 0 aliphatic rings. The summed E-state index contributed by atoms with van der Waals surface area (Å²) in [5.41, 5.74) is 0. The fourth-order valence-corrected chi connectivity index (χ4v) is 14.2. The summed E-state index contributed by atoms with van der Waals surface area (Å²) < 4.78 is 68.5. The van der Waals surface area contributed by atoms with Gasteiger partial charge in [0.2, 0.25) is 0 Å². The maximum atomic E-state index is 13.1. The highest BCUT2D eigenvalue weighted by molar-refractivity contribution is 7.47. The first-order chi connectivity index (χ1) is 48.7. The summed E-state index contributed by atoms with van der Waals surface area (Å²) in [7, 11) is -9.91. The van der Waals surface area contributed by atoms with Crippen LogP contribution in [-0.4, -0.2) is 96.7 Å². The monoisotopic (exact) mass is 1470 g/mol. The van der Waals surface area contributed by atoms with Gasteiger partial charge in [-0.2, -0.15) is 0 Å². The van der Waals surface area contributed by atoms with E-state index >= 15 is 0 Å². The third-order valence-electron chi connectivity index (χ3n) is 19.1. The average molecular weight is 1470 g/mol. The number of ether oxygens (including phenoxy) is 4. The van der Waals surface area contributed by atoms with Crippen molar-refractivity contribution < 1.29 is 80.2 Å². The zero-order chi connectivity index (χ0) is 73.2. The molecule has 0 amide bonds. The zero-order valence-corrected chi connectivity index (χ0v) is 67.0. The summed E-state index contributed by atoms with van der Waals surface area (Å²) in [6, 6.07) is 0. The van der Waals surface area contributed by atoms with Gasteiger partial charge in [0.1, 0.15) is 19.3 Å². The quantitative estimate of drug-likeness (QED) is 0.0222. The molecule has 0 bridgehead atoms. The molecule has 0 saturated heterocycles. The Morgan fingerprint density at radius 2 is 0.400 bits per heavy atom. The highest BCUT2D eigenvalue weighted by Crippen LogP contribution is 2.45. The largest absolute Gasteiger partial charge is 0.472 e. The normalized spacial score (nSPS) is 13.8. The van der Waals surface area contributed by atoms with Crippen molar-refractivity contribution in [3.63, 3.8) is 0 Å². The Morgan fingerprint density at radius 1 is 0.240 bits per heavy atom. The number of hydrogen-bond donors (Lipinski definition) is 3. The van der Waals surface area contributed by atoms with Gasteiger partial charge in [0.25, 0.3) is 0 Å². The lowest BCUT2D eigenvalue weighted by atomic mass is 10.0. The molecular formula is C81H158O17P2. The fraction of sp³-hybridized carbons (Fsp3) is 0.951. The second-order valence-electron chi connectivity index (χ2n) is 29.2. The number of aliphatic hydroxyl groups excluding tert-OH is 1. The first-order valence-corrected chi connectivity index (χ1v) is 45.3. The minimum Gasteiger partial charge on any atom is -0.462 e. The van der Waals surface area contributed by atoms with Crippen LogP contribution in [0, 0.1) is 0 Å². The lowest BCUT2D eigenvalue weighted by Crippen LogP contribution is -2.30. The number of phosphoric acid groups is 2. The van der Waals surface area contributed by atoms with Crippen LogP contribution in [0.25, 0.3) is 0 Å². The van der Waals surface area contributed by atoms with Crippen molar-refractivity contribution in [3.05, 3.63) is 0 Å². The smallest absolute Gasteiger partial charge is 0.462 e. The number of carbonyl (C=O) groups is 4. The SMILES string of the molecule is CCCCCCCCCCCCCCCCCCCCCCCCC(=O)O[C@H](COC(=O)CCCCCCCCCCCCCCCCCCCCCCC)COP(=O)(O)OC[C@@H](O)COP(=O)(O)OC[C@@H](COC(=O)CCCCCCCCCC)OC(=O)CCCCCCCCCCC. The Labute approximate surface area is 613 Å². The Kier molecular flexibility index (Phi) is 73.8. The van der Waals surface area contributed by atoms with Crippen LogP contribution in [0.4, 0.5) is 0 Å². The molecule has 0 fully saturated rings. The van der Waals surface area contributed by atoms with E-state index in [2.05, 4.69) is 27.7 Å². The van der Waals surface area contributed by atoms with Crippen LogP contribution >= 0.6 is 15.6 Å². The molecule has 0 heterocycles. The van der Waals surface area contributed by atoms with Crippen LogP contribution < -0.4 is 0 Å². The first kappa shape index (κ1) is 98.1. The van der Waals surface area contributed by atoms with Gasteiger partial charge in [-0.1, -0.05) is 387 Å². The average Bonchev–Trinajstić information content (AvgIpc) is 0.926. The Bertz CT molecular complexity index is 1890. The van der Waals surface area contributed by atoms with Gasteiger partial charge in [0, 0.05) is 25.7 Å². The number of unbranched alkanes of at least 4 members (excludes halogenated alkanes) is 56. The highest BCUT2D eigenvalue weighted by Gasteiger charge is 2.30. The molecule has 3 N–H and O–H groups in total. The van der Waals surface area contributed by atoms with Crippen molar-refractivity contribution in [3.8, 4) is 0 Å². The molecule has 0 aliphatic heterocycles. The molecule has 100 heavy (non-hydrogen) atoms. The molecule has 2 unspecified atom stereocenters. The van der Waals surface area contributed by atoms with E-state index in [1.165, 1.54) is 263 Å². The van der Waals surface area contributed by atoms with E-state index in [1.54, 1.807) is 0 Å². The molecule has 594 valence electrons. The Hall–Kier alpha value is -1.94. The van der Waals surface area contributed by atoms with E-state index in [0.29, 0.717) is 25.7 Å². The molecular weight excluding hydrogens is 1310 g/mol. The third kappa shape index (κ3) is 74.3. The fourth-order valence-electron chi connectivity index (χ4n) is 12.6. The van der Waals surface area contributed by atoms with Crippen LogP contribution in [0.1, 0.15) is 439 Å². The topological polar surface area (TPSA) is 237 Å². The first-order valence-electron chi connectivity index (χ1n) is 42.3. The molecule has 0 aromatic carbocycles. The zero-order valence-electron chi connectivity index (χ0n) is 65.2. The van der Waals surface area contributed by atoms with Crippen LogP contribution in [-0.2, 0) is 65.4 Å². The predicted octanol–water partition coefficient (Wildman–Crippen LogP) is 24.6. The van der Waals surface area contributed by atoms with Crippen molar-refractivity contribution in [2.75, 3.05) is 39.6 Å². The number of hydrogen-bond acceptors (Lipinski definition) is 15. The summed E-state index contributed by atoms with van der Waals surface area (Å²) >= 11 is 0. The van der Waals surface area contributed by atoms with Crippen LogP contribution in [0.2, 0.25) is 0 Å². The van der Waals surface area contributed by atoms with Gasteiger partial charge in [0.15, 0.2) is 12.2 Å². The molecule has 0 rings (SSSR count). The second-order valence-corrected chi connectivity index (χ2v) is 32.1. The van der Waals surface area contributed by atoms with Gasteiger partial charge in [0.05, 0.1) is 26.4 Å². The van der Waals surface area contributed by atoms with Crippen molar-refractivity contribution in [1.82, 2.24) is 0 Å². The van der Waals surface area contributed by atoms with Gasteiger partial charge in [-0.3, -0.25) is 37.3 Å². The van der Waals surface area contributed by atoms with E-state index in [-0.39, 0.29) is 25.7 Å². The number of rotatable bonds is 82. The van der Waals surface area contributed by atoms with Crippen LogP contribution in [0.5, 0.6) is 0 Å². The maximum Gasteiger partial charge on any atom is 0.472 e. The lowest BCUT2D eigenvalue weighted by molar-refractivity contribution is -0.161. The van der Waals surface area contributed by atoms with E-state index in [1.807, 2.05) is 0 Å². The van der Waals surface area contributed by atoms with Gasteiger partial charge in [-0.15, -0.1) is 0 Å². The minimum atomic E-state index is -4.96. The molecule has 19 heteroatoms. The molecule has 0 radical (unpaired) electrons. The van der Waals surface area contributed by atoms with Gasteiger partial charge >= 0.3 is 39.5 Å². The molecule has 5 atom stereocenters. The Balaban J connectivity index is 5.12. The second kappa shape index (κ2) is 75.3. The molecule has 17 nitrogen and oxygen atoms in total. The summed E-state index contributed by atoms with van der Waals surface area (Å²) in [5.74, 6) is -2.11. The summed E-state index contributed by atoms with van der Waals surface area (Å²) in [4.78, 5) is 72.8. The highest BCUT2D eigenvalue weighted by atomic mass is 31.2. The standard InChI is InChI=1S/C81H158O17P2/c1-5-9-13-17-21-25-27-29-31-33-35-37-39-41-43-45-47-49-52-56-60-64-68-81(86)98-77(72-92-79(84)66-62-58-54-51-48-46-44-42-40-38-36-34-32-30-28-26-22-18-14-10-6-2)74-96-100(89,90)94-70-75(82)69-93-99(87,88)95-73-76(71-91-78(83)65-61-57-53-24-20-16-12-8-4)97-80(85)67-63-59-55-50-23-19-15-11-7-3/h75-77,82H,5-74H2,1-4H3,(H,87,88)(H,89,90)/t75-,76+,77+/m0/s1. The third-order valence-corrected chi connectivity index (χ3v) is 21.0. The lowest BCUT2D eigenvalue weighted by Gasteiger charge is -2.21. The number of aliphatic hydroxyl groups is 1. The molecule has 0 aliphatic carbocycles. The maximum absolute atomic E-state index is 13.1. The summed E-state index contributed by atoms with van der Waals surface area (Å²) in [6.07, 6.45) is 68.5. The van der Waals surface area contributed by atoms with Crippen molar-refractivity contribution in [2.45, 2.75) is 457 Å². The minimum absolute atomic E-state index is 0.106. The van der Waals surface area contributed by atoms with E-state index in [9.17, 15) is 43.2 Å². The van der Waals surface area contributed by atoms with E-state index in [4.69, 9.17) is 37.0 Å².